The molecule has 0 N–H and O–H groups in total. The average Bonchev–Trinajstić information content (AvgIpc) is 2.93. The van der Waals surface area contributed by atoms with E-state index in [1.165, 1.54) is 12.1 Å². The number of nitro benzene ring substituents is 1. The first-order valence-corrected chi connectivity index (χ1v) is 8.77. The maximum Gasteiger partial charge on any atom is 0.282 e. The third-order valence-corrected chi connectivity index (χ3v) is 5.22. The van der Waals surface area contributed by atoms with Crippen LogP contribution >= 0.6 is 27.5 Å². The van der Waals surface area contributed by atoms with E-state index in [0.717, 1.165) is 17.8 Å². The van der Waals surface area contributed by atoms with Gasteiger partial charge < -0.3 is 0 Å². The minimum atomic E-state index is -0.751. The summed E-state index contributed by atoms with van der Waals surface area (Å²) in [6, 6.07) is 4.62. The van der Waals surface area contributed by atoms with Crippen LogP contribution in [0.3, 0.4) is 0 Å². The lowest BCUT2D eigenvalue weighted by molar-refractivity contribution is -0.385. The molecule has 0 atom stereocenters. The topological polar surface area (TPSA) is 78.0 Å². The van der Waals surface area contributed by atoms with Crippen LogP contribution in [0.4, 0.5) is 10.1 Å². The first-order chi connectivity index (χ1) is 12.3. The monoisotopic (exact) mass is 439 g/mol. The Labute approximate surface area is 160 Å². The molecule has 0 radical (unpaired) electrons. The summed E-state index contributed by atoms with van der Waals surface area (Å²) in [4.78, 5) is 23.9. The van der Waals surface area contributed by atoms with E-state index in [-0.39, 0.29) is 20.6 Å². The van der Waals surface area contributed by atoms with E-state index in [9.17, 15) is 19.3 Å². The fraction of sp³-hybridized carbons (Fsp3) is 0.176. The molecule has 134 valence electrons. The van der Waals surface area contributed by atoms with Crippen LogP contribution in [0.1, 0.15) is 28.5 Å². The van der Waals surface area contributed by atoms with E-state index in [2.05, 4.69) is 21.0 Å². The first-order valence-electron chi connectivity index (χ1n) is 7.60. The molecule has 0 saturated carbocycles. The van der Waals surface area contributed by atoms with Crippen molar-refractivity contribution in [2.45, 2.75) is 20.4 Å². The summed E-state index contributed by atoms with van der Waals surface area (Å²) in [6.07, 6.45) is 0. The van der Waals surface area contributed by atoms with Gasteiger partial charge in [-0.15, -0.1) is 0 Å². The number of hydrogen-bond donors (Lipinski definition) is 0. The number of fused-ring (bicyclic) bond motifs is 1. The number of carbonyl (C=O) groups is 1. The number of hydrogen-bond acceptors (Lipinski definition) is 4. The molecular formula is C17H12BrClFN3O3. The minimum Gasteiger partial charge on any atom is -0.288 e. The summed E-state index contributed by atoms with van der Waals surface area (Å²) in [7, 11) is 0. The van der Waals surface area contributed by atoms with Gasteiger partial charge in [-0.3, -0.25) is 19.6 Å². The van der Waals surface area contributed by atoms with Gasteiger partial charge in [0.2, 0.25) is 5.78 Å². The molecule has 3 aromatic rings. The molecule has 0 bridgehead atoms. The van der Waals surface area contributed by atoms with Gasteiger partial charge in [0.05, 0.1) is 14.4 Å². The third kappa shape index (κ3) is 2.89. The van der Waals surface area contributed by atoms with Gasteiger partial charge in [0.15, 0.2) is 0 Å². The molecule has 1 heterocycles. The number of rotatable bonds is 4. The van der Waals surface area contributed by atoms with Gasteiger partial charge >= 0.3 is 0 Å². The molecule has 9 heteroatoms. The summed E-state index contributed by atoms with van der Waals surface area (Å²) in [5.41, 5.74) is 0.408. The van der Waals surface area contributed by atoms with Crippen molar-refractivity contribution in [1.82, 2.24) is 9.78 Å². The molecule has 0 amide bonds. The quantitative estimate of drug-likeness (QED) is 0.323. The average molecular weight is 441 g/mol. The van der Waals surface area contributed by atoms with Crippen molar-refractivity contribution in [3.8, 4) is 0 Å². The van der Waals surface area contributed by atoms with E-state index in [4.69, 9.17) is 11.6 Å². The lowest BCUT2D eigenvalue weighted by atomic mass is 9.99. The molecule has 1 aromatic heterocycles. The smallest absolute Gasteiger partial charge is 0.282 e. The number of aromatic nitrogens is 2. The number of halogens is 3. The summed E-state index contributed by atoms with van der Waals surface area (Å²) < 4.78 is 15.4. The molecule has 0 aliphatic carbocycles. The van der Waals surface area contributed by atoms with Crippen LogP contribution in [0, 0.1) is 22.9 Å². The minimum absolute atomic E-state index is 0.00737. The van der Waals surface area contributed by atoms with Crippen molar-refractivity contribution in [2.75, 3.05) is 0 Å². The molecule has 0 fully saturated rings. The third-order valence-electron chi connectivity index (χ3n) is 4.11. The van der Waals surface area contributed by atoms with Crippen LogP contribution in [-0.2, 0) is 6.54 Å². The summed E-state index contributed by atoms with van der Waals surface area (Å²) in [5.74, 6) is -1.41. The maximum atomic E-state index is 13.6. The molecule has 0 aliphatic rings. The largest absolute Gasteiger partial charge is 0.288 e. The standard InChI is InChI=1S/C17H12BrClFN3O3/c1-3-22-8(2)10-7-13(23(25)26)14(15(18)16(10)21-22)17(24)11-6-9(20)4-5-12(11)19/h4-7H,3H2,1-2H3. The van der Waals surface area contributed by atoms with Crippen molar-refractivity contribution in [3.05, 3.63) is 66.5 Å². The van der Waals surface area contributed by atoms with E-state index >= 15 is 0 Å². The van der Waals surface area contributed by atoms with E-state index in [0.29, 0.717) is 17.4 Å². The second-order valence-corrected chi connectivity index (χ2v) is 6.79. The van der Waals surface area contributed by atoms with Crippen LogP contribution in [0.15, 0.2) is 28.7 Å². The Bertz CT molecular complexity index is 1080. The molecule has 26 heavy (non-hydrogen) atoms. The Hall–Kier alpha value is -2.32. The van der Waals surface area contributed by atoms with Gasteiger partial charge in [-0.2, -0.15) is 5.10 Å². The van der Waals surface area contributed by atoms with Gasteiger partial charge in [-0.25, -0.2) is 4.39 Å². The number of aryl methyl sites for hydroxylation is 2. The highest BCUT2D eigenvalue weighted by atomic mass is 79.9. The molecule has 2 aromatic carbocycles. The predicted octanol–water partition coefficient (Wildman–Crippen LogP) is 5.06. The summed E-state index contributed by atoms with van der Waals surface area (Å²) >= 11 is 9.28. The fourth-order valence-electron chi connectivity index (χ4n) is 2.81. The van der Waals surface area contributed by atoms with Crippen molar-refractivity contribution in [3.63, 3.8) is 0 Å². The van der Waals surface area contributed by atoms with Crippen LogP contribution in [0.2, 0.25) is 5.02 Å². The molecular weight excluding hydrogens is 429 g/mol. The maximum absolute atomic E-state index is 13.6. The Morgan fingerprint density at radius 3 is 2.73 bits per heavy atom. The molecule has 0 saturated heterocycles. The molecule has 0 aliphatic heterocycles. The van der Waals surface area contributed by atoms with Gasteiger partial charge in [-0.05, 0) is 48.0 Å². The van der Waals surface area contributed by atoms with E-state index in [1.807, 2.05) is 6.92 Å². The molecule has 3 rings (SSSR count). The number of ketones is 1. The summed E-state index contributed by atoms with van der Waals surface area (Å²) in [5, 5.41) is 16.6. The second kappa shape index (κ2) is 6.77. The highest BCUT2D eigenvalue weighted by Gasteiger charge is 2.30. The highest BCUT2D eigenvalue weighted by Crippen LogP contribution is 2.38. The summed E-state index contributed by atoms with van der Waals surface area (Å²) in [6.45, 7) is 4.25. The van der Waals surface area contributed by atoms with Gasteiger partial charge in [0, 0.05) is 29.3 Å². The highest BCUT2D eigenvalue weighted by molar-refractivity contribution is 9.10. The molecule has 0 spiro atoms. The zero-order chi connectivity index (χ0) is 19.2. The molecule has 6 nitrogen and oxygen atoms in total. The Morgan fingerprint density at radius 1 is 1.42 bits per heavy atom. The van der Waals surface area contributed by atoms with Gasteiger partial charge in [0.1, 0.15) is 16.9 Å². The lowest BCUT2D eigenvalue weighted by Gasteiger charge is -2.08. The van der Waals surface area contributed by atoms with Crippen molar-refractivity contribution < 1.29 is 14.1 Å². The van der Waals surface area contributed by atoms with E-state index < -0.39 is 22.2 Å². The van der Waals surface area contributed by atoms with Crippen LogP contribution in [0.5, 0.6) is 0 Å². The number of benzene rings is 2. The van der Waals surface area contributed by atoms with Gasteiger partial charge in [-0.1, -0.05) is 11.6 Å². The zero-order valence-corrected chi connectivity index (χ0v) is 16.1. The van der Waals surface area contributed by atoms with Crippen LogP contribution in [0.25, 0.3) is 10.9 Å². The predicted molar refractivity (Wildman–Crippen MR) is 99.3 cm³/mol. The van der Waals surface area contributed by atoms with Crippen LogP contribution < -0.4 is 0 Å². The van der Waals surface area contributed by atoms with E-state index in [1.54, 1.807) is 11.6 Å². The Balaban J connectivity index is 2.35. The Kier molecular flexibility index (Phi) is 4.81. The number of nitrogens with zero attached hydrogens (tertiary/aromatic N) is 3. The SMILES string of the molecule is CCn1nc2c(Br)c(C(=O)c3cc(F)ccc3Cl)c([N+](=O)[O-])cc2c1C. The van der Waals surface area contributed by atoms with Gasteiger partial charge in [0.25, 0.3) is 5.69 Å². The number of carbonyl (C=O) groups excluding carboxylic acids is 1. The zero-order valence-electron chi connectivity index (χ0n) is 13.7. The molecule has 0 unspecified atom stereocenters. The number of nitro groups is 1. The van der Waals surface area contributed by atoms with Crippen molar-refractivity contribution in [2.24, 2.45) is 0 Å². The lowest BCUT2D eigenvalue weighted by Crippen LogP contribution is -2.08. The second-order valence-electron chi connectivity index (χ2n) is 5.59. The Morgan fingerprint density at radius 2 is 2.12 bits per heavy atom. The normalized spacial score (nSPS) is 11.1. The van der Waals surface area contributed by atoms with Crippen molar-refractivity contribution >= 4 is 49.9 Å². The first kappa shape index (κ1) is 18.5. The van der Waals surface area contributed by atoms with Crippen LogP contribution in [-0.4, -0.2) is 20.5 Å². The fourth-order valence-corrected chi connectivity index (χ4v) is 3.69. The van der Waals surface area contributed by atoms with Crippen molar-refractivity contribution in [1.29, 1.82) is 0 Å².